The molecular formula is C18H22N2O6S3. The third kappa shape index (κ3) is 4.57. The van der Waals surface area contributed by atoms with E-state index in [1.54, 1.807) is 35.7 Å². The molecule has 8 nitrogen and oxygen atoms in total. The fourth-order valence-corrected chi connectivity index (χ4v) is 7.48. The van der Waals surface area contributed by atoms with Gasteiger partial charge in [0, 0.05) is 13.1 Å². The van der Waals surface area contributed by atoms with Crippen molar-refractivity contribution in [3.8, 4) is 5.75 Å². The van der Waals surface area contributed by atoms with Crippen molar-refractivity contribution in [1.29, 1.82) is 0 Å². The minimum atomic E-state index is -4.01. The molecule has 2 aromatic rings. The molecule has 0 N–H and O–H groups in total. The van der Waals surface area contributed by atoms with E-state index in [-0.39, 0.29) is 21.4 Å². The number of ether oxygens (including phenoxy) is 1. The molecule has 1 aromatic heterocycles. The quantitative estimate of drug-likeness (QED) is 0.625. The third-order valence-corrected chi connectivity index (χ3v) is 9.70. The summed E-state index contributed by atoms with van der Waals surface area (Å²) < 4.78 is 56.4. The number of thiophene rings is 1. The van der Waals surface area contributed by atoms with Crippen molar-refractivity contribution in [3.05, 3.63) is 41.8 Å². The summed E-state index contributed by atoms with van der Waals surface area (Å²) >= 11 is 1.05. The van der Waals surface area contributed by atoms with E-state index >= 15 is 0 Å². The number of para-hydroxylation sites is 2. The highest BCUT2D eigenvalue weighted by atomic mass is 32.2. The number of hydrogen-bond acceptors (Lipinski definition) is 7. The Labute approximate surface area is 174 Å². The van der Waals surface area contributed by atoms with Crippen molar-refractivity contribution in [3.63, 3.8) is 0 Å². The molecule has 1 fully saturated rings. The molecule has 11 heteroatoms. The number of methoxy groups -OCH3 is 1. The van der Waals surface area contributed by atoms with Gasteiger partial charge in [-0.2, -0.15) is 0 Å². The Hall–Kier alpha value is -2.11. The zero-order valence-electron chi connectivity index (χ0n) is 16.0. The number of hydrogen-bond donors (Lipinski definition) is 0. The largest absolute Gasteiger partial charge is 0.495 e. The lowest BCUT2D eigenvalue weighted by atomic mass is 10.2. The molecular weight excluding hydrogens is 436 g/mol. The van der Waals surface area contributed by atoms with E-state index < -0.39 is 38.4 Å². The molecule has 0 aliphatic carbocycles. The first-order valence-corrected chi connectivity index (χ1v) is 12.9. The van der Waals surface area contributed by atoms with Crippen LogP contribution in [0.2, 0.25) is 0 Å². The number of benzene rings is 1. The second kappa shape index (κ2) is 8.33. The number of carbonyl (C=O) groups excluding carboxylic acids is 1. The van der Waals surface area contributed by atoms with E-state index in [1.807, 2.05) is 0 Å². The molecule has 29 heavy (non-hydrogen) atoms. The molecule has 3 rings (SSSR count). The Kier molecular flexibility index (Phi) is 6.20. The maximum Gasteiger partial charge on any atom is 0.274 e. The zero-order valence-corrected chi connectivity index (χ0v) is 18.5. The highest BCUT2D eigenvalue weighted by Gasteiger charge is 2.36. The van der Waals surface area contributed by atoms with E-state index in [9.17, 15) is 21.6 Å². The first-order chi connectivity index (χ1) is 13.7. The first-order valence-electron chi connectivity index (χ1n) is 8.81. The van der Waals surface area contributed by atoms with Gasteiger partial charge in [-0.25, -0.2) is 16.8 Å². The average molecular weight is 459 g/mol. The molecule has 0 radical (unpaired) electrons. The standard InChI is InChI=1S/C18H22N2O6S3/c1-19(14-9-11-28(22,23)13-14)17(21)12-20(15-6-3-4-7-16(15)26-2)29(24,25)18-8-5-10-27-18/h3-8,10,14H,9,11-13H2,1-2H3/t14-/m1/s1. The maximum absolute atomic E-state index is 13.3. The molecule has 0 saturated carbocycles. The molecule has 1 aliphatic heterocycles. The molecule has 1 aliphatic rings. The van der Waals surface area contributed by atoms with Crippen LogP contribution < -0.4 is 9.04 Å². The smallest absolute Gasteiger partial charge is 0.274 e. The fraction of sp³-hybridized carbons (Fsp3) is 0.389. The summed E-state index contributed by atoms with van der Waals surface area (Å²) in [4.78, 5) is 14.3. The van der Waals surface area contributed by atoms with E-state index in [4.69, 9.17) is 4.74 Å². The highest BCUT2D eigenvalue weighted by Crippen LogP contribution is 2.33. The van der Waals surface area contributed by atoms with Gasteiger partial charge < -0.3 is 9.64 Å². The molecule has 1 atom stereocenters. The van der Waals surface area contributed by atoms with Crippen LogP contribution >= 0.6 is 11.3 Å². The Bertz CT molecular complexity index is 1080. The monoisotopic (exact) mass is 458 g/mol. The van der Waals surface area contributed by atoms with Crippen LogP contribution in [0, 0.1) is 0 Å². The van der Waals surface area contributed by atoms with Crippen molar-refractivity contribution in [2.75, 3.05) is 36.5 Å². The van der Waals surface area contributed by atoms with E-state index in [0.29, 0.717) is 12.2 Å². The Morgan fingerprint density at radius 1 is 1.24 bits per heavy atom. The van der Waals surface area contributed by atoms with Crippen LogP contribution in [0.1, 0.15) is 6.42 Å². The van der Waals surface area contributed by atoms with Crippen LogP contribution in [0.3, 0.4) is 0 Å². The SMILES string of the molecule is COc1ccccc1N(CC(=O)N(C)[C@@H]1CCS(=O)(=O)C1)S(=O)(=O)c1cccs1. The predicted octanol–water partition coefficient (Wildman–Crippen LogP) is 1.60. The van der Waals surface area contributed by atoms with Crippen LogP contribution in [-0.4, -0.2) is 65.9 Å². The topological polar surface area (TPSA) is 101 Å². The lowest BCUT2D eigenvalue weighted by Crippen LogP contribution is -2.45. The normalized spacial score (nSPS) is 18.3. The summed E-state index contributed by atoms with van der Waals surface area (Å²) in [5.41, 5.74) is 0.240. The Balaban J connectivity index is 1.95. The summed E-state index contributed by atoms with van der Waals surface area (Å²) in [5.74, 6) is -0.259. The number of sulfonamides is 1. The Morgan fingerprint density at radius 3 is 2.55 bits per heavy atom. The van der Waals surface area contributed by atoms with Crippen molar-refractivity contribution >= 4 is 42.8 Å². The van der Waals surface area contributed by atoms with Gasteiger partial charge in [0.05, 0.1) is 24.3 Å². The number of nitrogens with zero attached hydrogens (tertiary/aromatic N) is 2. The molecule has 1 aromatic carbocycles. The maximum atomic E-state index is 13.3. The summed E-state index contributed by atoms with van der Waals surface area (Å²) in [6.07, 6.45) is 0.344. The average Bonchev–Trinajstić information content (AvgIpc) is 3.35. The van der Waals surface area contributed by atoms with Crippen LogP contribution in [0.4, 0.5) is 5.69 Å². The van der Waals surface area contributed by atoms with Crippen molar-refractivity contribution in [1.82, 2.24) is 4.90 Å². The van der Waals surface area contributed by atoms with Gasteiger partial charge in [0.2, 0.25) is 5.91 Å². The summed E-state index contributed by atoms with van der Waals surface area (Å²) in [5, 5.41) is 1.64. The number of sulfone groups is 1. The number of amides is 1. The van der Waals surface area contributed by atoms with Crippen molar-refractivity contribution < 1.29 is 26.4 Å². The van der Waals surface area contributed by atoms with Crippen molar-refractivity contribution in [2.24, 2.45) is 0 Å². The zero-order chi connectivity index (χ0) is 21.2. The van der Waals surface area contributed by atoms with Gasteiger partial charge in [-0.15, -0.1) is 11.3 Å². The van der Waals surface area contributed by atoms with Crippen LogP contribution in [-0.2, 0) is 24.7 Å². The fourth-order valence-electron chi connectivity index (χ4n) is 3.17. The van der Waals surface area contributed by atoms with E-state index in [1.165, 1.54) is 25.1 Å². The number of anilines is 1. The molecule has 158 valence electrons. The molecule has 2 heterocycles. The molecule has 1 saturated heterocycles. The number of rotatable bonds is 7. The summed E-state index contributed by atoms with van der Waals surface area (Å²) in [6, 6.07) is 9.18. The highest BCUT2D eigenvalue weighted by molar-refractivity contribution is 7.94. The van der Waals surface area contributed by atoms with E-state index in [2.05, 4.69) is 0 Å². The molecule has 0 unspecified atom stereocenters. The van der Waals surface area contributed by atoms with Gasteiger partial charge in [0.25, 0.3) is 10.0 Å². The summed E-state index contributed by atoms with van der Waals surface area (Å²) in [7, 11) is -4.26. The number of likely N-dealkylation sites (N-methyl/N-ethyl adjacent to an activating group) is 1. The molecule has 0 bridgehead atoms. The molecule has 0 spiro atoms. The van der Waals surface area contributed by atoms with Gasteiger partial charge in [0.1, 0.15) is 16.5 Å². The van der Waals surface area contributed by atoms with Crippen molar-refractivity contribution in [2.45, 2.75) is 16.7 Å². The third-order valence-electron chi connectivity index (χ3n) is 4.82. The van der Waals surface area contributed by atoms with Crippen LogP contribution in [0.15, 0.2) is 46.0 Å². The molecule has 1 amide bonds. The van der Waals surface area contributed by atoms with Crippen LogP contribution in [0.25, 0.3) is 0 Å². The lowest BCUT2D eigenvalue weighted by molar-refractivity contribution is -0.129. The second-order valence-corrected chi connectivity index (χ2v) is 11.9. The van der Waals surface area contributed by atoms with Gasteiger partial charge in [-0.05, 0) is 30.0 Å². The van der Waals surface area contributed by atoms with Crippen LogP contribution in [0.5, 0.6) is 5.75 Å². The van der Waals surface area contributed by atoms with Gasteiger partial charge in [-0.1, -0.05) is 18.2 Å². The first kappa shape index (κ1) is 21.6. The second-order valence-electron chi connectivity index (χ2n) is 6.68. The van der Waals surface area contributed by atoms with Gasteiger partial charge in [-0.3, -0.25) is 9.10 Å². The number of carbonyl (C=O) groups is 1. The Morgan fingerprint density at radius 2 is 1.97 bits per heavy atom. The summed E-state index contributed by atoms with van der Waals surface area (Å²) in [6.45, 7) is -0.465. The van der Waals surface area contributed by atoms with E-state index in [0.717, 1.165) is 15.6 Å². The van der Waals surface area contributed by atoms with Gasteiger partial charge in [0.15, 0.2) is 9.84 Å². The minimum absolute atomic E-state index is 0.0268. The predicted molar refractivity (Wildman–Crippen MR) is 112 cm³/mol. The minimum Gasteiger partial charge on any atom is -0.495 e. The lowest BCUT2D eigenvalue weighted by Gasteiger charge is -2.29. The van der Waals surface area contributed by atoms with Gasteiger partial charge >= 0.3 is 0 Å².